The molecule has 4 rings (SSSR count). The number of hydrogen-bond donors (Lipinski definition) is 0. The van der Waals surface area contributed by atoms with E-state index in [1.807, 2.05) is 4.90 Å². The summed E-state index contributed by atoms with van der Waals surface area (Å²) >= 11 is 0. The molecule has 2 saturated heterocycles. The van der Waals surface area contributed by atoms with Crippen molar-refractivity contribution in [1.82, 2.24) is 9.80 Å². The summed E-state index contributed by atoms with van der Waals surface area (Å²) in [6, 6.07) is 2.30. The normalized spacial score (nSPS) is 31.7. The van der Waals surface area contributed by atoms with E-state index < -0.39 is 11.0 Å². The highest BCUT2D eigenvalue weighted by molar-refractivity contribution is 5.86. The van der Waals surface area contributed by atoms with Crippen molar-refractivity contribution in [3.63, 3.8) is 0 Å². The van der Waals surface area contributed by atoms with Crippen LogP contribution in [0.1, 0.15) is 38.5 Å². The number of ether oxygens (including phenoxy) is 2. The van der Waals surface area contributed by atoms with Gasteiger partial charge in [0.05, 0.1) is 32.4 Å². The van der Waals surface area contributed by atoms with Gasteiger partial charge in [0, 0.05) is 13.1 Å². The smallest absolute Gasteiger partial charge is 0.248 e. The topological polar surface area (TPSA) is 82.9 Å². The zero-order chi connectivity index (χ0) is 18.2. The Hall–Kier alpha value is -1.65. The lowest BCUT2D eigenvalue weighted by atomic mass is 9.86. The number of rotatable bonds is 3. The lowest BCUT2D eigenvalue weighted by molar-refractivity contribution is -0.175. The number of amides is 2. The van der Waals surface area contributed by atoms with E-state index in [2.05, 4.69) is 6.07 Å². The maximum Gasteiger partial charge on any atom is 0.248 e. The van der Waals surface area contributed by atoms with Gasteiger partial charge in [-0.05, 0) is 31.6 Å². The van der Waals surface area contributed by atoms with Crippen LogP contribution in [0.3, 0.4) is 0 Å². The second kappa shape index (κ2) is 6.82. The molecule has 7 nitrogen and oxygen atoms in total. The van der Waals surface area contributed by atoms with Gasteiger partial charge in [-0.15, -0.1) is 0 Å². The van der Waals surface area contributed by atoms with E-state index in [1.54, 1.807) is 4.90 Å². The van der Waals surface area contributed by atoms with Crippen molar-refractivity contribution in [2.75, 3.05) is 46.0 Å². The highest BCUT2D eigenvalue weighted by Gasteiger charge is 2.49. The molecule has 26 heavy (non-hydrogen) atoms. The van der Waals surface area contributed by atoms with E-state index >= 15 is 0 Å². The van der Waals surface area contributed by atoms with Crippen molar-refractivity contribution in [2.45, 2.75) is 44.1 Å². The van der Waals surface area contributed by atoms with E-state index in [0.29, 0.717) is 51.6 Å². The Morgan fingerprint density at radius 2 is 2.04 bits per heavy atom. The summed E-state index contributed by atoms with van der Waals surface area (Å²) in [7, 11) is 0. The molecule has 0 bridgehead atoms. The summed E-state index contributed by atoms with van der Waals surface area (Å²) in [6.45, 7) is 2.97. The van der Waals surface area contributed by atoms with Crippen LogP contribution in [0.2, 0.25) is 0 Å². The largest absolute Gasteiger partial charge is 0.376 e. The second-order valence-electron chi connectivity index (χ2n) is 8.37. The zero-order valence-electron chi connectivity index (χ0n) is 15.2. The van der Waals surface area contributed by atoms with Crippen LogP contribution >= 0.6 is 0 Å². The molecule has 2 saturated carbocycles. The minimum atomic E-state index is -0.885. The summed E-state index contributed by atoms with van der Waals surface area (Å²) in [5.41, 5.74) is -1.56. The Balaban J connectivity index is 1.51. The van der Waals surface area contributed by atoms with Crippen molar-refractivity contribution >= 4 is 11.8 Å². The summed E-state index contributed by atoms with van der Waals surface area (Å²) in [5, 5.41) is 9.66. The third-order valence-corrected chi connectivity index (χ3v) is 6.23. The Labute approximate surface area is 154 Å². The molecule has 2 aliphatic heterocycles. The second-order valence-corrected chi connectivity index (χ2v) is 8.37. The molecule has 1 spiro atoms. The van der Waals surface area contributed by atoms with E-state index in [4.69, 9.17) is 9.47 Å². The van der Waals surface area contributed by atoms with Gasteiger partial charge in [0.2, 0.25) is 11.8 Å². The molecular weight excluding hydrogens is 334 g/mol. The Kier molecular flexibility index (Phi) is 4.66. The predicted molar refractivity (Wildman–Crippen MR) is 91.9 cm³/mol. The molecule has 2 amide bonds. The van der Waals surface area contributed by atoms with Crippen LogP contribution in [0, 0.1) is 22.7 Å². The van der Waals surface area contributed by atoms with Crippen molar-refractivity contribution in [1.29, 1.82) is 5.26 Å². The van der Waals surface area contributed by atoms with Crippen LogP contribution in [0.4, 0.5) is 0 Å². The molecule has 4 fully saturated rings. The van der Waals surface area contributed by atoms with E-state index in [0.717, 1.165) is 19.4 Å². The van der Waals surface area contributed by atoms with Crippen molar-refractivity contribution in [3.05, 3.63) is 0 Å². The number of morpholine rings is 1. The van der Waals surface area contributed by atoms with Crippen LogP contribution in [0.15, 0.2) is 0 Å². The number of carbonyl (C=O) groups is 2. The molecule has 0 aromatic carbocycles. The molecule has 0 radical (unpaired) electrons. The van der Waals surface area contributed by atoms with Crippen LogP contribution in [-0.2, 0) is 19.1 Å². The van der Waals surface area contributed by atoms with Gasteiger partial charge in [-0.25, -0.2) is 0 Å². The van der Waals surface area contributed by atoms with Gasteiger partial charge < -0.3 is 19.3 Å². The third-order valence-electron chi connectivity index (χ3n) is 6.23. The summed E-state index contributed by atoms with van der Waals surface area (Å²) in [5.74, 6) is 0.546. The van der Waals surface area contributed by atoms with Crippen molar-refractivity contribution in [3.8, 4) is 6.07 Å². The summed E-state index contributed by atoms with van der Waals surface area (Å²) in [4.78, 5) is 29.0. The molecule has 2 heterocycles. The quantitative estimate of drug-likeness (QED) is 0.747. The first-order chi connectivity index (χ1) is 12.6. The maximum absolute atomic E-state index is 13.2. The SMILES string of the molecule is N#CC1(C(=O)N2CCOCC3(CN(CC4CC4)C(=O)CO3)C2)CCCC1. The first kappa shape index (κ1) is 17.7. The number of hydrogen-bond acceptors (Lipinski definition) is 5. The Morgan fingerprint density at radius 1 is 1.27 bits per heavy atom. The van der Waals surface area contributed by atoms with E-state index in [1.165, 1.54) is 12.8 Å². The molecule has 2 aliphatic carbocycles. The first-order valence-electron chi connectivity index (χ1n) is 9.76. The standard InChI is InChI=1S/C19H27N3O4/c20-11-18(5-1-2-6-18)17(24)21-7-8-25-14-19(12-21)13-22(9-15-3-4-15)16(23)10-26-19/h15H,1-10,12-14H2. The van der Waals surface area contributed by atoms with Crippen LogP contribution in [0.25, 0.3) is 0 Å². The lowest BCUT2D eigenvalue weighted by Crippen LogP contribution is -2.62. The van der Waals surface area contributed by atoms with Gasteiger partial charge in [0.25, 0.3) is 0 Å². The molecule has 0 N–H and O–H groups in total. The maximum atomic E-state index is 13.2. The zero-order valence-corrected chi connectivity index (χ0v) is 15.2. The fraction of sp³-hybridized carbons (Fsp3) is 0.842. The molecule has 1 atom stereocenters. The van der Waals surface area contributed by atoms with Gasteiger partial charge >= 0.3 is 0 Å². The van der Waals surface area contributed by atoms with Crippen LogP contribution in [-0.4, -0.2) is 73.2 Å². The van der Waals surface area contributed by atoms with Gasteiger partial charge in [0.15, 0.2) is 0 Å². The summed E-state index contributed by atoms with van der Waals surface area (Å²) < 4.78 is 11.7. The van der Waals surface area contributed by atoms with Crippen LogP contribution < -0.4 is 0 Å². The fourth-order valence-corrected chi connectivity index (χ4v) is 4.48. The number of nitrogens with zero attached hydrogens (tertiary/aromatic N) is 3. The Morgan fingerprint density at radius 3 is 2.73 bits per heavy atom. The Bertz CT molecular complexity index is 621. The monoisotopic (exact) mass is 361 g/mol. The molecule has 0 aromatic heterocycles. The highest BCUT2D eigenvalue weighted by atomic mass is 16.6. The average Bonchev–Trinajstić information content (AvgIpc) is 3.37. The van der Waals surface area contributed by atoms with Gasteiger partial charge in [-0.2, -0.15) is 5.26 Å². The van der Waals surface area contributed by atoms with Gasteiger partial charge in [-0.1, -0.05) is 12.8 Å². The third kappa shape index (κ3) is 3.33. The predicted octanol–water partition coefficient (Wildman–Crippen LogP) is 0.937. The van der Waals surface area contributed by atoms with Crippen molar-refractivity contribution < 1.29 is 19.1 Å². The van der Waals surface area contributed by atoms with Gasteiger partial charge in [-0.3, -0.25) is 9.59 Å². The number of nitriles is 1. The first-order valence-corrected chi connectivity index (χ1v) is 9.76. The van der Waals surface area contributed by atoms with E-state index in [-0.39, 0.29) is 18.4 Å². The fourth-order valence-electron chi connectivity index (χ4n) is 4.48. The molecule has 0 aromatic rings. The van der Waals surface area contributed by atoms with E-state index in [9.17, 15) is 14.9 Å². The highest BCUT2D eigenvalue weighted by Crippen LogP contribution is 2.40. The summed E-state index contributed by atoms with van der Waals surface area (Å²) in [6.07, 6.45) is 5.50. The molecule has 142 valence electrons. The number of carbonyl (C=O) groups excluding carboxylic acids is 2. The molecular formula is C19H27N3O4. The minimum Gasteiger partial charge on any atom is -0.376 e. The van der Waals surface area contributed by atoms with Crippen LogP contribution in [0.5, 0.6) is 0 Å². The molecule has 7 heteroatoms. The average molecular weight is 361 g/mol. The van der Waals surface area contributed by atoms with Crippen molar-refractivity contribution in [2.24, 2.45) is 11.3 Å². The molecule has 1 unspecified atom stereocenters. The lowest BCUT2D eigenvalue weighted by Gasteiger charge is -2.43. The van der Waals surface area contributed by atoms with Gasteiger partial charge in [0.1, 0.15) is 17.6 Å². The molecule has 4 aliphatic rings. The minimum absolute atomic E-state index is 0.0222.